The van der Waals surface area contributed by atoms with Crippen LogP contribution in [-0.2, 0) is 0 Å². The molecule has 0 aliphatic carbocycles. The van der Waals surface area contributed by atoms with E-state index in [0.717, 1.165) is 23.8 Å². The zero-order valence-electron chi connectivity index (χ0n) is 13.1. The molecule has 0 aliphatic heterocycles. The van der Waals surface area contributed by atoms with Gasteiger partial charge in [-0.3, -0.25) is 0 Å². The fourth-order valence-electron chi connectivity index (χ4n) is 2.96. The van der Waals surface area contributed by atoms with Crippen LogP contribution in [0.5, 0.6) is 0 Å². The van der Waals surface area contributed by atoms with E-state index in [-0.39, 0.29) is 0 Å². The van der Waals surface area contributed by atoms with E-state index in [9.17, 15) is 0 Å². The van der Waals surface area contributed by atoms with Crippen LogP contribution in [0.4, 0.5) is 0 Å². The summed E-state index contributed by atoms with van der Waals surface area (Å²) >= 11 is 0. The Bertz CT molecular complexity index is 161. The summed E-state index contributed by atoms with van der Waals surface area (Å²) in [7, 11) is 0. The summed E-state index contributed by atoms with van der Waals surface area (Å²) in [5.41, 5.74) is 0. The first-order chi connectivity index (χ1) is 8.04. The molecule has 0 fully saturated rings. The zero-order chi connectivity index (χ0) is 13.3. The monoisotopic (exact) mass is 241 g/mol. The van der Waals surface area contributed by atoms with Crippen molar-refractivity contribution < 1.29 is 0 Å². The van der Waals surface area contributed by atoms with Gasteiger partial charge in [-0.25, -0.2) is 0 Å². The van der Waals surface area contributed by atoms with Gasteiger partial charge in [-0.15, -0.1) is 0 Å². The molecule has 0 heterocycles. The van der Waals surface area contributed by atoms with Gasteiger partial charge in [0.2, 0.25) is 0 Å². The maximum absolute atomic E-state index is 3.78. The molecule has 1 heteroatoms. The van der Waals surface area contributed by atoms with Gasteiger partial charge in [0.1, 0.15) is 0 Å². The van der Waals surface area contributed by atoms with Crippen molar-refractivity contribution in [2.24, 2.45) is 17.8 Å². The van der Waals surface area contributed by atoms with Gasteiger partial charge in [0, 0.05) is 6.04 Å². The molecule has 0 aromatic carbocycles. The Morgan fingerprint density at radius 1 is 0.882 bits per heavy atom. The molecule has 0 radical (unpaired) electrons. The van der Waals surface area contributed by atoms with Crippen LogP contribution in [0, 0.1) is 17.8 Å². The van der Waals surface area contributed by atoms with Crippen LogP contribution < -0.4 is 5.32 Å². The van der Waals surface area contributed by atoms with Gasteiger partial charge in [0.05, 0.1) is 0 Å². The van der Waals surface area contributed by atoms with Crippen LogP contribution in [0.15, 0.2) is 0 Å². The minimum Gasteiger partial charge on any atom is -0.314 e. The Morgan fingerprint density at radius 3 is 1.88 bits per heavy atom. The highest BCUT2D eigenvalue weighted by Crippen LogP contribution is 2.23. The normalized spacial score (nSPS) is 15.5. The maximum atomic E-state index is 3.78. The lowest BCUT2D eigenvalue weighted by Crippen LogP contribution is -2.37. The van der Waals surface area contributed by atoms with Crippen molar-refractivity contribution in [2.45, 2.75) is 79.7 Å². The molecule has 2 unspecified atom stereocenters. The van der Waals surface area contributed by atoms with Crippen molar-refractivity contribution in [2.75, 3.05) is 6.54 Å². The number of nitrogens with one attached hydrogen (secondary N) is 1. The Kier molecular flexibility index (Phi) is 9.91. The molecule has 0 bridgehead atoms. The molecule has 0 saturated carbocycles. The van der Waals surface area contributed by atoms with Gasteiger partial charge in [0.25, 0.3) is 0 Å². The predicted molar refractivity (Wildman–Crippen MR) is 79.4 cm³/mol. The van der Waals surface area contributed by atoms with Crippen LogP contribution in [-0.4, -0.2) is 12.6 Å². The van der Waals surface area contributed by atoms with E-state index in [1.807, 2.05) is 0 Å². The molecule has 17 heavy (non-hydrogen) atoms. The van der Waals surface area contributed by atoms with Crippen LogP contribution in [0.2, 0.25) is 0 Å². The molecule has 0 aromatic rings. The average molecular weight is 241 g/mol. The van der Waals surface area contributed by atoms with Gasteiger partial charge >= 0.3 is 0 Å². The first-order valence-electron chi connectivity index (χ1n) is 7.78. The van der Waals surface area contributed by atoms with Crippen molar-refractivity contribution in [1.29, 1.82) is 0 Å². The van der Waals surface area contributed by atoms with Crippen molar-refractivity contribution in [3.8, 4) is 0 Å². The lowest BCUT2D eigenvalue weighted by atomic mass is 9.85. The highest BCUT2D eigenvalue weighted by atomic mass is 14.9. The Morgan fingerprint density at radius 2 is 1.47 bits per heavy atom. The first-order valence-corrected chi connectivity index (χ1v) is 7.78. The summed E-state index contributed by atoms with van der Waals surface area (Å²) in [5, 5.41) is 3.78. The van der Waals surface area contributed by atoms with Gasteiger partial charge in [0.15, 0.2) is 0 Å². The summed E-state index contributed by atoms with van der Waals surface area (Å²) < 4.78 is 0. The van der Waals surface area contributed by atoms with E-state index in [2.05, 4.69) is 46.9 Å². The highest BCUT2D eigenvalue weighted by Gasteiger charge is 2.20. The molecule has 0 amide bonds. The quantitative estimate of drug-likeness (QED) is 0.576. The molecule has 104 valence electrons. The second-order valence-corrected chi connectivity index (χ2v) is 6.11. The van der Waals surface area contributed by atoms with Crippen molar-refractivity contribution in [1.82, 2.24) is 5.32 Å². The van der Waals surface area contributed by atoms with Crippen LogP contribution in [0.3, 0.4) is 0 Å². The van der Waals surface area contributed by atoms with Gasteiger partial charge in [-0.05, 0) is 43.6 Å². The van der Waals surface area contributed by atoms with Crippen molar-refractivity contribution in [3.63, 3.8) is 0 Å². The Hall–Kier alpha value is -0.0400. The summed E-state index contributed by atoms with van der Waals surface area (Å²) in [5.74, 6) is 2.54. The lowest BCUT2D eigenvalue weighted by molar-refractivity contribution is 0.268. The summed E-state index contributed by atoms with van der Waals surface area (Å²) in [6, 6.07) is 0.735. The highest BCUT2D eigenvalue weighted by molar-refractivity contribution is 4.77. The van der Waals surface area contributed by atoms with Gasteiger partial charge < -0.3 is 5.32 Å². The van der Waals surface area contributed by atoms with E-state index < -0.39 is 0 Å². The fourth-order valence-corrected chi connectivity index (χ4v) is 2.96. The van der Waals surface area contributed by atoms with Crippen LogP contribution in [0.1, 0.15) is 73.6 Å². The Labute approximate surface area is 110 Å². The Balaban J connectivity index is 4.25. The summed E-state index contributed by atoms with van der Waals surface area (Å²) in [6.45, 7) is 15.2. The van der Waals surface area contributed by atoms with Crippen molar-refractivity contribution in [3.05, 3.63) is 0 Å². The third kappa shape index (κ3) is 7.81. The third-order valence-electron chi connectivity index (χ3n) is 3.80. The average Bonchev–Trinajstić information content (AvgIpc) is 2.26. The predicted octanol–water partition coefficient (Wildman–Crippen LogP) is 4.86. The molecular weight excluding hydrogens is 206 g/mol. The molecular formula is C16H35N. The zero-order valence-corrected chi connectivity index (χ0v) is 13.1. The molecule has 0 saturated heterocycles. The topological polar surface area (TPSA) is 12.0 Å². The van der Waals surface area contributed by atoms with Crippen LogP contribution >= 0.6 is 0 Å². The molecule has 1 nitrogen and oxygen atoms in total. The lowest BCUT2D eigenvalue weighted by Gasteiger charge is -2.29. The van der Waals surface area contributed by atoms with Gasteiger partial charge in [-0.2, -0.15) is 0 Å². The standard InChI is InChI=1S/C16H35N/c1-7-10-17-16(15(8-2)9-3)12-14(6)11-13(4)5/h13-17H,7-12H2,1-6H3. The summed E-state index contributed by atoms with van der Waals surface area (Å²) in [4.78, 5) is 0. The SMILES string of the molecule is CCCNC(CC(C)CC(C)C)C(CC)CC. The fraction of sp³-hybridized carbons (Fsp3) is 1.00. The smallest absolute Gasteiger partial charge is 0.00976 e. The van der Waals surface area contributed by atoms with Gasteiger partial charge in [-0.1, -0.05) is 54.4 Å². The molecule has 2 atom stereocenters. The second kappa shape index (κ2) is 9.94. The summed E-state index contributed by atoms with van der Waals surface area (Å²) in [6.07, 6.45) is 6.59. The molecule has 0 rings (SSSR count). The van der Waals surface area contributed by atoms with E-state index in [1.54, 1.807) is 0 Å². The first kappa shape index (κ1) is 17.0. The third-order valence-corrected chi connectivity index (χ3v) is 3.80. The molecule has 1 N–H and O–H groups in total. The molecule has 0 aliphatic rings. The second-order valence-electron chi connectivity index (χ2n) is 6.11. The number of rotatable bonds is 10. The van der Waals surface area contributed by atoms with E-state index in [4.69, 9.17) is 0 Å². The minimum atomic E-state index is 0.735. The number of hydrogen-bond acceptors (Lipinski definition) is 1. The van der Waals surface area contributed by atoms with Crippen molar-refractivity contribution >= 4 is 0 Å². The van der Waals surface area contributed by atoms with Crippen LogP contribution in [0.25, 0.3) is 0 Å². The van der Waals surface area contributed by atoms with E-state index in [0.29, 0.717) is 0 Å². The minimum absolute atomic E-state index is 0.735. The molecule has 0 aromatic heterocycles. The maximum Gasteiger partial charge on any atom is 0.00976 e. The molecule has 0 spiro atoms. The van der Waals surface area contributed by atoms with E-state index in [1.165, 1.54) is 38.6 Å². The number of hydrogen-bond donors (Lipinski definition) is 1. The largest absolute Gasteiger partial charge is 0.314 e. The van der Waals surface area contributed by atoms with E-state index >= 15 is 0 Å².